The SMILES string of the molecule is c1ccc(-n2c3ccccc3c3c4c(ccc32)ccn4-c2ccc(N(c3ccc4ccccc4c3)c3ccc4sc5ccccc5c4c3)cc2)cc1. The van der Waals surface area contributed by atoms with Gasteiger partial charge in [0.2, 0.25) is 0 Å². The number of nitrogens with zero attached hydrogens (tertiary/aromatic N) is 3. The Morgan fingerprint density at radius 1 is 0.404 bits per heavy atom. The van der Waals surface area contributed by atoms with E-state index >= 15 is 0 Å². The van der Waals surface area contributed by atoms with E-state index in [1.54, 1.807) is 0 Å². The van der Waals surface area contributed by atoms with Gasteiger partial charge in [-0.1, -0.05) is 91.0 Å². The molecule has 0 radical (unpaired) electrons. The van der Waals surface area contributed by atoms with E-state index in [-0.39, 0.29) is 0 Å². The van der Waals surface area contributed by atoms with Crippen LogP contribution >= 0.6 is 11.3 Å². The third kappa shape index (κ3) is 4.45. The largest absolute Gasteiger partial charge is 0.316 e. The molecule has 3 nitrogen and oxygen atoms in total. The van der Waals surface area contributed by atoms with Crippen LogP contribution in [0.2, 0.25) is 0 Å². The summed E-state index contributed by atoms with van der Waals surface area (Å²) < 4.78 is 7.36. The van der Waals surface area contributed by atoms with Crippen molar-refractivity contribution in [3.63, 3.8) is 0 Å². The van der Waals surface area contributed by atoms with Gasteiger partial charge in [0.1, 0.15) is 0 Å². The maximum Gasteiger partial charge on any atom is 0.0628 e. The molecule has 3 aromatic heterocycles. The third-order valence-electron chi connectivity index (χ3n) is 10.5. The van der Waals surface area contributed by atoms with Crippen LogP contribution in [0.3, 0.4) is 0 Å². The molecule has 244 valence electrons. The van der Waals surface area contributed by atoms with Crippen molar-refractivity contribution in [2.24, 2.45) is 0 Å². The summed E-state index contributed by atoms with van der Waals surface area (Å²) in [6.07, 6.45) is 2.21. The first-order valence-electron chi connectivity index (χ1n) is 17.7. The van der Waals surface area contributed by atoms with E-state index in [2.05, 4.69) is 202 Å². The van der Waals surface area contributed by atoms with Crippen molar-refractivity contribution < 1.29 is 0 Å². The summed E-state index contributed by atoms with van der Waals surface area (Å²) >= 11 is 1.86. The molecule has 11 rings (SSSR count). The van der Waals surface area contributed by atoms with Gasteiger partial charge in [0.25, 0.3) is 0 Å². The fraction of sp³-hybridized carbons (Fsp3) is 0. The van der Waals surface area contributed by atoms with Gasteiger partial charge in [0.15, 0.2) is 0 Å². The fourth-order valence-electron chi connectivity index (χ4n) is 8.13. The van der Waals surface area contributed by atoms with E-state index in [9.17, 15) is 0 Å². The molecule has 0 fully saturated rings. The Morgan fingerprint density at radius 3 is 1.96 bits per heavy atom. The molecule has 0 atom stereocenters. The Kier molecular flexibility index (Phi) is 6.42. The van der Waals surface area contributed by atoms with Crippen molar-refractivity contribution >= 4 is 92.1 Å². The smallest absolute Gasteiger partial charge is 0.0628 e. The molecule has 0 aliphatic carbocycles. The topological polar surface area (TPSA) is 13.1 Å². The molecule has 0 saturated heterocycles. The average Bonchev–Trinajstić information content (AvgIpc) is 3.90. The van der Waals surface area contributed by atoms with Crippen molar-refractivity contribution in [2.45, 2.75) is 0 Å². The first kappa shape index (κ1) is 29.1. The molecule has 0 unspecified atom stereocenters. The summed E-state index contributed by atoms with van der Waals surface area (Å²) in [6.45, 7) is 0. The summed E-state index contributed by atoms with van der Waals surface area (Å²) in [5, 5.41) is 8.79. The monoisotopic (exact) mass is 681 g/mol. The molecule has 0 saturated carbocycles. The van der Waals surface area contributed by atoms with Gasteiger partial charge in [-0.2, -0.15) is 0 Å². The Bertz CT molecular complexity index is 3130. The standard InChI is InChI=1S/C48H31N3S/c1-2-12-36(13-3-1)51-43-16-8-6-15-41(43)47-44(51)26-19-33-28-29-49(48(33)47)35-21-23-37(24-22-35)50(38-20-18-32-10-4-5-11-34(32)30-38)39-25-27-46-42(31-39)40-14-7-9-17-45(40)52-46/h1-31H. The first-order chi connectivity index (χ1) is 25.8. The maximum atomic E-state index is 2.39. The van der Waals surface area contributed by atoms with Crippen LogP contribution in [0.25, 0.3) is 75.0 Å². The van der Waals surface area contributed by atoms with E-state index in [0.29, 0.717) is 0 Å². The lowest BCUT2D eigenvalue weighted by molar-refractivity contribution is 1.13. The van der Waals surface area contributed by atoms with Crippen LogP contribution in [0, 0.1) is 0 Å². The molecule has 52 heavy (non-hydrogen) atoms. The Hall–Kier alpha value is -6.62. The van der Waals surface area contributed by atoms with Gasteiger partial charge in [0.05, 0.1) is 16.6 Å². The minimum atomic E-state index is 1.11. The Morgan fingerprint density at radius 2 is 1.08 bits per heavy atom. The third-order valence-corrected chi connectivity index (χ3v) is 11.6. The lowest BCUT2D eigenvalue weighted by Crippen LogP contribution is -2.10. The van der Waals surface area contributed by atoms with Gasteiger partial charge >= 0.3 is 0 Å². The van der Waals surface area contributed by atoms with Crippen LogP contribution in [0.5, 0.6) is 0 Å². The quantitative estimate of drug-likeness (QED) is 0.176. The molecule has 0 aliphatic heterocycles. The van der Waals surface area contributed by atoms with Crippen molar-refractivity contribution in [3.8, 4) is 11.4 Å². The number of thiophene rings is 1. The van der Waals surface area contributed by atoms with Crippen LogP contribution in [-0.2, 0) is 0 Å². The number of aromatic nitrogens is 2. The molecular weight excluding hydrogens is 651 g/mol. The predicted molar refractivity (Wildman–Crippen MR) is 223 cm³/mol. The van der Waals surface area contributed by atoms with Crippen LogP contribution in [-0.4, -0.2) is 9.13 Å². The van der Waals surface area contributed by atoms with Gasteiger partial charge in [0, 0.05) is 71.0 Å². The van der Waals surface area contributed by atoms with Crippen molar-refractivity contribution in [1.82, 2.24) is 9.13 Å². The lowest BCUT2D eigenvalue weighted by atomic mass is 10.1. The highest BCUT2D eigenvalue weighted by atomic mass is 32.1. The first-order valence-corrected chi connectivity index (χ1v) is 18.5. The van der Waals surface area contributed by atoms with Crippen molar-refractivity contribution in [2.75, 3.05) is 4.90 Å². The normalized spacial score (nSPS) is 11.8. The molecule has 3 heterocycles. The van der Waals surface area contributed by atoms with Gasteiger partial charge in [-0.15, -0.1) is 11.3 Å². The minimum absolute atomic E-state index is 1.11. The Balaban J connectivity index is 1.09. The zero-order valence-electron chi connectivity index (χ0n) is 28.1. The highest BCUT2D eigenvalue weighted by molar-refractivity contribution is 7.25. The minimum Gasteiger partial charge on any atom is -0.316 e. The van der Waals surface area contributed by atoms with Gasteiger partial charge in [-0.25, -0.2) is 0 Å². The molecule has 4 heteroatoms. The molecule has 11 aromatic rings. The van der Waals surface area contributed by atoms with Gasteiger partial charge in [-0.05, 0) is 102 Å². The van der Waals surface area contributed by atoms with Crippen LogP contribution < -0.4 is 4.90 Å². The lowest BCUT2D eigenvalue weighted by Gasteiger charge is -2.26. The highest BCUT2D eigenvalue weighted by Gasteiger charge is 2.19. The zero-order valence-corrected chi connectivity index (χ0v) is 29.0. The van der Waals surface area contributed by atoms with E-state index in [1.807, 2.05) is 11.3 Å². The number of fused-ring (bicyclic) bond motifs is 9. The molecule has 0 amide bonds. The number of hydrogen-bond donors (Lipinski definition) is 0. The molecule has 0 spiro atoms. The second-order valence-corrected chi connectivity index (χ2v) is 14.5. The Labute approximate surface area is 304 Å². The zero-order chi connectivity index (χ0) is 34.2. The number of para-hydroxylation sites is 2. The van der Waals surface area contributed by atoms with Gasteiger partial charge < -0.3 is 14.0 Å². The number of benzene rings is 8. The fourth-order valence-corrected chi connectivity index (χ4v) is 9.22. The van der Waals surface area contributed by atoms with Gasteiger partial charge in [-0.3, -0.25) is 0 Å². The second kappa shape index (κ2) is 11.5. The van der Waals surface area contributed by atoms with Crippen LogP contribution in [0.15, 0.2) is 188 Å². The predicted octanol–water partition coefficient (Wildman–Crippen LogP) is 13.7. The highest BCUT2D eigenvalue weighted by Crippen LogP contribution is 2.42. The van der Waals surface area contributed by atoms with E-state index in [4.69, 9.17) is 0 Å². The molecule has 0 bridgehead atoms. The number of anilines is 3. The molecule has 0 aliphatic rings. The summed E-state index contributed by atoms with van der Waals surface area (Å²) in [6, 6.07) is 66.2. The van der Waals surface area contributed by atoms with Crippen molar-refractivity contribution in [3.05, 3.63) is 188 Å². The molecular formula is C48H31N3S. The summed E-state index contributed by atoms with van der Waals surface area (Å²) in [5.41, 5.74) is 9.31. The molecule has 8 aromatic carbocycles. The molecule has 0 N–H and O–H groups in total. The average molecular weight is 682 g/mol. The maximum absolute atomic E-state index is 2.39. The number of rotatable bonds is 5. The van der Waals surface area contributed by atoms with E-state index in [1.165, 1.54) is 63.7 Å². The second-order valence-electron chi connectivity index (χ2n) is 13.4. The van der Waals surface area contributed by atoms with E-state index < -0.39 is 0 Å². The van der Waals surface area contributed by atoms with E-state index in [0.717, 1.165) is 28.4 Å². The number of hydrogen-bond acceptors (Lipinski definition) is 2. The van der Waals surface area contributed by atoms with Crippen molar-refractivity contribution in [1.29, 1.82) is 0 Å². The van der Waals surface area contributed by atoms with Crippen LogP contribution in [0.1, 0.15) is 0 Å². The summed E-state index contributed by atoms with van der Waals surface area (Å²) in [5.74, 6) is 0. The van der Waals surface area contributed by atoms with Crippen LogP contribution in [0.4, 0.5) is 17.1 Å². The summed E-state index contributed by atoms with van der Waals surface area (Å²) in [7, 11) is 0. The summed E-state index contributed by atoms with van der Waals surface area (Å²) in [4.78, 5) is 2.39.